The largest absolute Gasteiger partial charge is 0.453 e. The summed E-state index contributed by atoms with van der Waals surface area (Å²) in [5, 5.41) is 5.88. The van der Waals surface area contributed by atoms with Gasteiger partial charge in [0, 0.05) is 17.1 Å². The molecule has 0 radical (unpaired) electrons. The van der Waals surface area contributed by atoms with E-state index < -0.39 is 0 Å². The van der Waals surface area contributed by atoms with E-state index in [1.165, 1.54) is 0 Å². The first kappa shape index (κ1) is 9.03. The SMILES string of the molecule is BrCCc1noc2c3c(ccc12)OCO3. The highest BCUT2D eigenvalue weighted by Crippen LogP contribution is 2.40. The third kappa shape index (κ3) is 1.30. The van der Waals surface area contributed by atoms with E-state index in [1.54, 1.807) is 0 Å². The maximum absolute atomic E-state index is 5.34. The smallest absolute Gasteiger partial charge is 0.231 e. The van der Waals surface area contributed by atoms with Gasteiger partial charge in [-0.05, 0) is 12.1 Å². The number of alkyl halides is 1. The Hall–Kier alpha value is -1.23. The minimum Gasteiger partial charge on any atom is -0.453 e. The van der Waals surface area contributed by atoms with E-state index in [2.05, 4.69) is 21.1 Å². The number of fused-ring (bicyclic) bond motifs is 3. The van der Waals surface area contributed by atoms with Crippen LogP contribution < -0.4 is 9.47 Å². The minimum atomic E-state index is 0.253. The van der Waals surface area contributed by atoms with Crippen molar-refractivity contribution in [1.82, 2.24) is 5.16 Å². The number of hydrogen-bond donors (Lipinski definition) is 0. The summed E-state index contributed by atoms with van der Waals surface area (Å²) in [7, 11) is 0. The highest BCUT2D eigenvalue weighted by Gasteiger charge is 2.21. The Labute approximate surface area is 94.3 Å². The topological polar surface area (TPSA) is 44.5 Å². The normalized spacial score (nSPS) is 13.7. The molecule has 0 atom stereocenters. The van der Waals surface area contributed by atoms with Gasteiger partial charge in [-0.15, -0.1) is 0 Å². The van der Waals surface area contributed by atoms with E-state index in [9.17, 15) is 0 Å². The first-order chi connectivity index (χ1) is 7.40. The third-order valence-corrected chi connectivity index (χ3v) is 2.78. The molecular formula is C10H8BrNO3. The molecule has 1 aromatic heterocycles. The predicted octanol–water partition coefficient (Wildman–Crippen LogP) is 2.49. The number of hydrogen-bond acceptors (Lipinski definition) is 4. The molecule has 1 aliphatic rings. The summed E-state index contributed by atoms with van der Waals surface area (Å²) in [4.78, 5) is 0. The van der Waals surface area contributed by atoms with Crippen molar-refractivity contribution >= 4 is 26.9 Å². The Balaban J connectivity index is 2.21. The molecule has 1 aliphatic heterocycles. The molecule has 0 N–H and O–H groups in total. The van der Waals surface area contributed by atoms with Gasteiger partial charge < -0.3 is 14.0 Å². The molecule has 78 valence electrons. The molecular weight excluding hydrogens is 262 g/mol. The van der Waals surface area contributed by atoms with E-state index in [1.807, 2.05) is 12.1 Å². The number of halogens is 1. The number of rotatable bonds is 2. The highest BCUT2D eigenvalue weighted by molar-refractivity contribution is 9.09. The van der Waals surface area contributed by atoms with Gasteiger partial charge in [0.2, 0.25) is 18.1 Å². The van der Waals surface area contributed by atoms with Crippen LogP contribution in [0.1, 0.15) is 5.69 Å². The molecule has 0 aliphatic carbocycles. The third-order valence-electron chi connectivity index (χ3n) is 2.38. The fourth-order valence-corrected chi connectivity index (χ4v) is 2.06. The van der Waals surface area contributed by atoms with Crippen LogP contribution in [0.2, 0.25) is 0 Å². The van der Waals surface area contributed by atoms with Crippen molar-refractivity contribution in [2.75, 3.05) is 12.1 Å². The summed E-state index contributed by atoms with van der Waals surface area (Å²) in [6.45, 7) is 0.253. The van der Waals surface area contributed by atoms with Crippen LogP contribution in [0.3, 0.4) is 0 Å². The average Bonchev–Trinajstić information content (AvgIpc) is 2.83. The van der Waals surface area contributed by atoms with Crippen molar-refractivity contribution in [1.29, 1.82) is 0 Å². The molecule has 4 nitrogen and oxygen atoms in total. The van der Waals surface area contributed by atoms with Crippen LogP contribution in [0, 0.1) is 0 Å². The molecule has 3 rings (SSSR count). The monoisotopic (exact) mass is 269 g/mol. The van der Waals surface area contributed by atoms with Gasteiger partial charge in [-0.2, -0.15) is 0 Å². The van der Waals surface area contributed by atoms with Crippen LogP contribution >= 0.6 is 15.9 Å². The van der Waals surface area contributed by atoms with Gasteiger partial charge in [-0.1, -0.05) is 21.1 Å². The summed E-state index contributed by atoms with van der Waals surface area (Å²) in [6.07, 6.45) is 0.840. The van der Waals surface area contributed by atoms with Gasteiger partial charge in [0.05, 0.1) is 5.69 Å². The maximum Gasteiger partial charge on any atom is 0.231 e. The lowest BCUT2D eigenvalue weighted by Crippen LogP contribution is -1.93. The number of benzene rings is 1. The predicted molar refractivity (Wildman–Crippen MR) is 57.6 cm³/mol. The lowest BCUT2D eigenvalue weighted by Gasteiger charge is -1.95. The number of ether oxygens (including phenoxy) is 2. The molecule has 0 bridgehead atoms. The number of aryl methyl sites for hydroxylation is 1. The molecule has 0 spiro atoms. The summed E-state index contributed by atoms with van der Waals surface area (Å²) in [5.74, 6) is 1.39. The molecule has 15 heavy (non-hydrogen) atoms. The van der Waals surface area contributed by atoms with Gasteiger partial charge >= 0.3 is 0 Å². The summed E-state index contributed by atoms with van der Waals surface area (Å²) in [6, 6.07) is 3.84. The minimum absolute atomic E-state index is 0.253. The Bertz CT molecular complexity index is 509. The lowest BCUT2D eigenvalue weighted by atomic mass is 10.1. The Morgan fingerprint density at radius 3 is 3.13 bits per heavy atom. The molecule has 2 aromatic rings. The first-order valence-electron chi connectivity index (χ1n) is 4.63. The molecule has 0 unspecified atom stereocenters. The summed E-state index contributed by atoms with van der Waals surface area (Å²) in [5.41, 5.74) is 1.63. The fraction of sp³-hybridized carbons (Fsp3) is 0.300. The van der Waals surface area contributed by atoms with Gasteiger partial charge in [0.15, 0.2) is 5.75 Å². The zero-order chi connectivity index (χ0) is 10.3. The Kier molecular flexibility index (Phi) is 2.05. The van der Waals surface area contributed by atoms with Crippen LogP contribution in [0.5, 0.6) is 11.5 Å². The molecule has 0 saturated carbocycles. The van der Waals surface area contributed by atoms with Gasteiger partial charge in [-0.3, -0.25) is 0 Å². The van der Waals surface area contributed by atoms with Crippen molar-refractivity contribution in [3.8, 4) is 11.5 Å². The van der Waals surface area contributed by atoms with E-state index in [-0.39, 0.29) is 6.79 Å². The highest BCUT2D eigenvalue weighted by atomic mass is 79.9. The number of aromatic nitrogens is 1. The molecule has 2 heterocycles. The summed E-state index contributed by atoms with van der Waals surface area (Å²) < 4.78 is 15.9. The molecule has 0 fully saturated rings. The fourth-order valence-electron chi connectivity index (χ4n) is 1.68. The molecule has 5 heteroatoms. The van der Waals surface area contributed by atoms with Crippen molar-refractivity contribution < 1.29 is 14.0 Å². The first-order valence-corrected chi connectivity index (χ1v) is 5.75. The van der Waals surface area contributed by atoms with Crippen molar-refractivity contribution in [2.24, 2.45) is 0 Å². The van der Waals surface area contributed by atoms with Crippen LogP contribution in [0.15, 0.2) is 16.7 Å². The zero-order valence-corrected chi connectivity index (χ0v) is 9.41. The standard InChI is InChI=1S/C10H8BrNO3/c11-4-3-7-6-1-2-8-10(14-5-13-8)9(6)15-12-7/h1-2H,3-5H2. The average molecular weight is 270 g/mol. The van der Waals surface area contributed by atoms with Crippen LogP contribution in [-0.4, -0.2) is 17.3 Å². The van der Waals surface area contributed by atoms with E-state index >= 15 is 0 Å². The molecule has 1 aromatic carbocycles. The Morgan fingerprint density at radius 1 is 1.33 bits per heavy atom. The van der Waals surface area contributed by atoms with Gasteiger partial charge in [0.25, 0.3) is 0 Å². The lowest BCUT2D eigenvalue weighted by molar-refractivity contribution is 0.173. The maximum atomic E-state index is 5.34. The Morgan fingerprint density at radius 2 is 2.27 bits per heavy atom. The van der Waals surface area contributed by atoms with Gasteiger partial charge in [0.1, 0.15) is 0 Å². The molecule has 0 amide bonds. The van der Waals surface area contributed by atoms with Crippen LogP contribution in [0.4, 0.5) is 0 Å². The van der Waals surface area contributed by atoms with E-state index in [0.717, 1.165) is 28.6 Å². The van der Waals surface area contributed by atoms with E-state index in [0.29, 0.717) is 11.3 Å². The summed E-state index contributed by atoms with van der Waals surface area (Å²) >= 11 is 3.38. The second-order valence-electron chi connectivity index (χ2n) is 3.24. The van der Waals surface area contributed by atoms with Crippen molar-refractivity contribution in [3.05, 3.63) is 17.8 Å². The second-order valence-corrected chi connectivity index (χ2v) is 4.04. The van der Waals surface area contributed by atoms with Crippen molar-refractivity contribution in [3.63, 3.8) is 0 Å². The van der Waals surface area contributed by atoms with Crippen LogP contribution in [0.25, 0.3) is 11.0 Å². The van der Waals surface area contributed by atoms with E-state index in [4.69, 9.17) is 14.0 Å². The van der Waals surface area contributed by atoms with Crippen molar-refractivity contribution in [2.45, 2.75) is 6.42 Å². The molecule has 0 saturated heterocycles. The quantitative estimate of drug-likeness (QED) is 0.786. The van der Waals surface area contributed by atoms with Crippen LogP contribution in [-0.2, 0) is 6.42 Å². The zero-order valence-electron chi connectivity index (χ0n) is 7.83. The number of nitrogens with zero attached hydrogens (tertiary/aromatic N) is 1. The van der Waals surface area contributed by atoms with Gasteiger partial charge in [-0.25, -0.2) is 0 Å². The second kappa shape index (κ2) is 3.41.